The smallest absolute Gasteiger partial charge is 0.254 e. The fraction of sp³-hybridized carbons (Fsp3) is 0.417. The summed E-state index contributed by atoms with van der Waals surface area (Å²) in [7, 11) is -2.94. The molecule has 1 aromatic rings. The summed E-state index contributed by atoms with van der Waals surface area (Å²) in [5.74, 6) is 0.0600. The number of rotatable bonds is 1. The van der Waals surface area contributed by atoms with Crippen LogP contribution in [0.5, 0.6) is 0 Å². The molecule has 1 aromatic carbocycles. The van der Waals surface area contributed by atoms with E-state index in [-0.39, 0.29) is 23.0 Å². The van der Waals surface area contributed by atoms with Crippen molar-refractivity contribution in [2.45, 2.75) is 17.7 Å². The summed E-state index contributed by atoms with van der Waals surface area (Å²) in [4.78, 5) is 14.0. The molecular formula is C12H12BrNO3S. The molecule has 6 heteroatoms. The van der Waals surface area contributed by atoms with Crippen molar-refractivity contribution in [2.24, 2.45) is 0 Å². The summed E-state index contributed by atoms with van der Waals surface area (Å²) in [6.07, 6.45) is 0.602. The molecule has 96 valence electrons. The van der Waals surface area contributed by atoms with Gasteiger partial charge >= 0.3 is 0 Å². The van der Waals surface area contributed by atoms with Crippen LogP contribution in [-0.2, 0) is 9.84 Å². The Hall–Kier alpha value is -0.880. The minimum absolute atomic E-state index is 0.0649. The van der Waals surface area contributed by atoms with Gasteiger partial charge in [0.25, 0.3) is 5.91 Å². The van der Waals surface area contributed by atoms with E-state index < -0.39 is 9.84 Å². The Labute approximate surface area is 114 Å². The summed E-state index contributed by atoms with van der Waals surface area (Å²) in [6.45, 7) is 0.349. The number of amides is 1. The SMILES string of the molecule is O=C(c1ccc(Br)cc1)N1CC2CC1CS2(=O)=O. The second-order valence-corrected chi connectivity index (χ2v) is 8.05. The third kappa shape index (κ3) is 1.87. The maximum absolute atomic E-state index is 12.3. The summed E-state index contributed by atoms with van der Waals surface area (Å²) in [6, 6.07) is 7.02. The van der Waals surface area contributed by atoms with Gasteiger partial charge in [0.15, 0.2) is 9.84 Å². The fourth-order valence-corrected chi connectivity index (χ4v) is 5.00. The molecule has 2 aliphatic rings. The topological polar surface area (TPSA) is 54.5 Å². The monoisotopic (exact) mass is 329 g/mol. The average Bonchev–Trinajstić information content (AvgIpc) is 2.84. The van der Waals surface area contributed by atoms with Crippen LogP contribution in [0, 0.1) is 0 Å². The Morgan fingerprint density at radius 2 is 1.94 bits per heavy atom. The van der Waals surface area contributed by atoms with Gasteiger partial charge in [-0.15, -0.1) is 0 Å². The molecule has 0 spiro atoms. The minimum Gasteiger partial charge on any atom is -0.333 e. The third-order valence-corrected chi connectivity index (χ3v) is 6.40. The molecule has 0 saturated carbocycles. The summed E-state index contributed by atoms with van der Waals surface area (Å²) >= 11 is 3.32. The van der Waals surface area contributed by atoms with Gasteiger partial charge in [-0.2, -0.15) is 0 Å². The van der Waals surface area contributed by atoms with Crippen LogP contribution in [0.4, 0.5) is 0 Å². The van der Waals surface area contributed by atoms with Crippen LogP contribution in [0.25, 0.3) is 0 Å². The van der Waals surface area contributed by atoms with Crippen molar-refractivity contribution in [2.75, 3.05) is 12.3 Å². The molecule has 3 rings (SSSR count). The Morgan fingerprint density at radius 3 is 2.44 bits per heavy atom. The lowest BCUT2D eigenvalue weighted by atomic mass is 10.2. The van der Waals surface area contributed by atoms with Crippen molar-refractivity contribution >= 4 is 31.7 Å². The molecule has 0 aromatic heterocycles. The molecule has 2 fully saturated rings. The molecular weight excluding hydrogens is 318 g/mol. The van der Waals surface area contributed by atoms with Crippen molar-refractivity contribution < 1.29 is 13.2 Å². The first kappa shape index (κ1) is 12.2. The number of carbonyl (C=O) groups excluding carboxylic acids is 1. The van der Waals surface area contributed by atoms with Crippen molar-refractivity contribution in [1.82, 2.24) is 4.90 Å². The van der Waals surface area contributed by atoms with Crippen LogP contribution in [0.15, 0.2) is 28.7 Å². The first-order valence-electron chi connectivity index (χ1n) is 5.75. The minimum atomic E-state index is -2.94. The quantitative estimate of drug-likeness (QED) is 0.783. The van der Waals surface area contributed by atoms with E-state index in [1.54, 1.807) is 17.0 Å². The Balaban J connectivity index is 1.82. The van der Waals surface area contributed by atoms with E-state index in [1.165, 1.54) is 0 Å². The fourth-order valence-electron chi connectivity index (χ4n) is 2.70. The molecule has 0 aliphatic carbocycles. The maximum atomic E-state index is 12.3. The maximum Gasteiger partial charge on any atom is 0.254 e. The van der Waals surface area contributed by atoms with Crippen LogP contribution in [0.2, 0.25) is 0 Å². The van der Waals surface area contributed by atoms with E-state index in [1.807, 2.05) is 12.1 Å². The van der Waals surface area contributed by atoms with Gasteiger partial charge in [-0.25, -0.2) is 8.42 Å². The van der Waals surface area contributed by atoms with E-state index in [9.17, 15) is 13.2 Å². The van der Waals surface area contributed by atoms with Crippen molar-refractivity contribution in [3.05, 3.63) is 34.3 Å². The predicted octanol–water partition coefficient (Wildman–Crippen LogP) is 1.46. The highest BCUT2D eigenvalue weighted by atomic mass is 79.9. The second kappa shape index (κ2) is 4.06. The molecule has 2 unspecified atom stereocenters. The molecule has 18 heavy (non-hydrogen) atoms. The molecule has 0 N–H and O–H groups in total. The molecule has 4 nitrogen and oxygen atoms in total. The normalized spacial score (nSPS) is 28.6. The molecule has 2 aliphatic heterocycles. The highest BCUT2D eigenvalue weighted by molar-refractivity contribution is 9.10. The van der Waals surface area contributed by atoms with E-state index in [0.29, 0.717) is 18.5 Å². The largest absolute Gasteiger partial charge is 0.333 e. The highest BCUT2D eigenvalue weighted by Crippen LogP contribution is 2.33. The van der Waals surface area contributed by atoms with Gasteiger partial charge in [-0.05, 0) is 30.7 Å². The van der Waals surface area contributed by atoms with Crippen molar-refractivity contribution in [1.29, 1.82) is 0 Å². The number of hydrogen-bond donors (Lipinski definition) is 0. The number of carbonyl (C=O) groups is 1. The Bertz CT molecular complexity index is 596. The first-order chi connectivity index (χ1) is 8.47. The van der Waals surface area contributed by atoms with Crippen LogP contribution in [0.3, 0.4) is 0 Å². The lowest BCUT2D eigenvalue weighted by Crippen LogP contribution is -2.44. The van der Waals surface area contributed by atoms with Gasteiger partial charge in [0.2, 0.25) is 0 Å². The van der Waals surface area contributed by atoms with E-state index in [2.05, 4.69) is 15.9 Å². The zero-order valence-electron chi connectivity index (χ0n) is 9.54. The van der Waals surface area contributed by atoms with Gasteiger partial charge in [0, 0.05) is 22.6 Å². The van der Waals surface area contributed by atoms with E-state index in [4.69, 9.17) is 0 Å². The number of sulfone groups is 1. The zero-order chi connectivity index (χ0) is 12.9. The van der Waals surface area contributed by atoms with Gasteiger partial charge < -0.3 is 4.90 Å². The zero-order valence-corrected chi connectivity index (χ0v) is 11.9. The number of hydrogen-bond acceptors (Lipinski definition) is 3. The Morgan fingerprint density at radius 1 is 1.28 bits per heavy atom. The summed E-state index contributed by atoms with van der Waals surface area (Å²) in [5, 5.41) is -0.345. The summed E-state index contributed by atoms with van der Waals surface area (Å²) in [5.41, 5.74) is 0.614. The van der Waals surface area contributed by atoms with Gasteiger partial charge in [0.05, 0.1) is 11.0 Å². The molecule has 2 bridgehead atoms. The summed E-state index contributed by atoms with van der Waals surface area (Å²) < 4.78 is 24.2. The number of fused-ring (bicyclic) bond motifs is 2. The third-order valence-electron chi connectivity index (χ3n) is 3.66. The van der Waals surface area contributed by atoms with Crippen LogP contribution in [0.1, 0.15) is 16.8 Å². The van der Waals surface area contributed by atoms with Crippen molar-refractivity contribution in [3.63, 3.8) is 0 Å². The standard InChI is InChI=1S/C12H12BrNO3S/c13-9-3-1-8(2-4-9)12(15)14-6-11-5-10(14)7-18(11,16)17/h1-4,10-11H,5-7H2. The van der Waals surface area contributed by atoms with Gasteiger partial charge in [-0.1, -0.05) is 15.9 Å². The second-order valence-electron chi connectivity index (χ2n) is 4.81. The number of halogens is 1. The lowest BCUT2D eigenvalue weighted by molar-refractivity contribution is 0.0746. The van der Waals surface area contributed by atoms with E-state index in [0.717, 1.165) is 4.47 Å². The average molecular weight is 330 g/mol. The van der Waals surface area contributed by atoms with E-state index >= 15 is 0 Å². The molecule has 1 amide bonds. The number of likely N-dealkylation sites (tertiary alicyclic amines) is 1. The number of nitrogens with zero attached hydrogens (tertiary/aromatic N) is 1. The first-order valence-corrected chi connectivity index (χ1v) is 8.26. The molecule has 2 heterocycles. The van der Waals surface area contributed by atoms with Crippen molar-refractivity contribution in [3.8, 4) is 0 Å². The molecule has 0 radical (unpaired) electrons. The van der Waals surface area contributed by atoms with Gasteiger partial charge in [-0.3, -0.25) is 4.79 Å². The van der Waals surface area contributed by atoms with Gasteiger partial charge in [0.1, 0.15) is 0 Å². The molecule has 2 atom stereocenters. The highest BCUT2D eigenvalue weighted by Gasteiger charge is 2.49. The molecule has 2 saturated heterocycles. The van der Waals surface area contributed by atoms with Crippen LogP contribution >= 0.6 is 15.9 Å². The van der Waals surface area contributed by atoms with Crippen LogP contribution < -0.4 is 0 Å². The van der Waals surface area contributed by atoms with Crippen LogP contribution in [-0.4, -0.2) is 42.8 Å². The number of benzene rings is 1. The predicted molar refractivity (Wildman–Crippen MR) is 71.2 cm³/mol. The Kier molecular flexibility index (Phi) is 2.75. The lowest BCUT2D eigenvalue weighted by Gasteiger charge is -2.26.